The van der Waals surface area contributed by atoms with E-state index in [1.807, 2.05) is 19.4 Å². The summed E-state index contributed by atoms with van der Waals surface area (Å²) in [5, 5.41) is 6.91. The highest BCUT2D eigenvalue weighted by atomic mass is 32.1. The molecule has 116 valence electrons. The molecule has 0 aliphatic rings. The van der Waals surface area contributed by atoms with Gasteiger partial charge in [0.15, 0.2) is 0 Å². The molecule has 22 heavy (non-hydrogen) atoms. The second kappa shape index (κ2) is 6.30. The summed E-state index contributed by atoms with van der Waals surface area (Å²) >= 11 is 3.39. The van der Waals surface area contributed by atoms with Crippen molar-refractivity contribution in [1.82, 2.24) is 15.0 Å². The van der Waals surface area contributed by atoms with E-state index in [9.17, 15) is 0 Å². The summed E-state index contributed by atoms with van der Waals surface area (Å²) < 4.78 is 0. The number of nitrogens with one attached hydrogen (secondary N) is 1. The van der Waals surface area contributed by atoms with Gasteiger partial charge >= 0.3 is 0 Å². The third kappa shape index (κ3) is 3.13. The fraction of sp³-hybridized carbons (Fsp3) is 0.438. The minimum atomic E-state index is 0.621. The maximum absolute atomic E-state index is 4.64. The highest BCUT2D eigenvalue weighted by Crippen LogP contribution is 2.32. The van der Waals surface area contributed by atoms with Crippen LogP contribution in [0.5, 0.6) is 0 Å². The van der Waals surface area contributed by atoms with Gasteiger partial charge in [-0.3, -0.25) is 0 Å². The second-order valence-corrected chi connectivity index (χ2v) is 7.67. The van der Waals surface area contributed by atoms with Gasteiger partial charge in [-0.25, -0.2) is 15.0 Å². The number of hydrogen-bond acceptors (Lipinski definition) is 6. The predicted octanol–water partition coefficient (Wildman–Crippen LogP) is 4.58. The van der Waals surface area contributed by atoms with Gasteiger partial charge in [0, 0.05) is 4.88 Å². The first kappa shape index (κ1) is 15.4. The Hall–Kier alpha value is -1.53. The van der Waals surface area contributed by atoms with Crippen LogP contribution in [0.4, 0.5) is 5.82 Å². The van der Waals surface area contributed by atoms with E-state index >= 15 is 0 Å². The highest BCUT2D eigenvalue weighted by molar-refractivity contribution is 7.17. The molecule has 0 amide bonds. The zero-order valence-corrected chi connectivity index (χ0v) is 14.9. The van der Waals surface area contributed by atoms with Crippen molar-refractivity contribution in [2.75, 3.05) is 5.32 Å². The van der Waals surface area contributed by atoms with Crippen molar-refractivity contribution in [3.8, 4) is 0 Å². The lowest BCUT2D eigenvalue weighted by Crippen LogP contribution is -2.05. The van der Waals surface area contributed by atoms with E-state index in [0.29, 0.717) is 5.92 Å². The molecule has 0 fully saturated rings. The molecule has 0 saturated carbocycles. The molecular formula is C16H20N4S2. The summed E-state index contributed by atoms with van der Waals surface area (Å²) in [6.45, 7) is 9.24. The fourth-order valence-corrected chi connectivity index (χ4v) is 4.20. The Kier molecular flexibility index (Phi) is 4.40. The molecule has 3 aromatic heterocycles. The molecule has 0 bridgehead atoms. The van der Waals surface area contributed by atoms with E-state index in [1.54, 1.807) is 22.7 Å². The molecular weight excluding hydrogens is 312 g/mol. The molecule has 3 rings (SSSR count). The Balaban J connectivity index is 1.96. The Morgan fingerprint density at radius 2 is 2.00 bits per heavy atom. The summed E-state index contributed by atoms with van der Waals surface area (Å²) in [6.07, 6.45) is 1.06. The largest absolute Gasteiger partial charge is 0.364 e. The number of anilines is 1. The molecule has 0 saturated heterocycles. The van der Waals surface area contributed by atoms with Gasteiger partial charge in [0.2, 0.25) is 0 Å². The maximum atomic E-state index is 4.64. The summed E-state index contributed by atoms with van der Waals surface area (Å²) in [5.41, 5.74) is 4.33. The standard InChI is InChI=1S/C16H20N4S2/c1-9(2)5-12-7-21-16-14(12)15(19-11(4)20-16)17-6-13-10(3)18-8-22-13/h7-9H,5-6H2,1-4H3,(H,17,19,20). The average Bonchev–Trinajstić information content (AvgIpc) is 3.02. The number of aromatic nitrogens is 3. The number of aryl methyl sites for hydroxylation is 2. The van der Waals surface area contributed by atoms with Crippen LogP contribution in [0.25, 0.3) is 10.2 Å². The van der Waals surface area contributed by atoms with Crippen molar-refractivity contribution < 1.29 is 0 Å². The highest BCUT2D eigenvalue weighted by Gasteiger charge is 2.14. The first-order valence-corrected chi connectivity index (χ1v) is 9.18. The molecule has 0 aliphatic carbocycles. The van der Waals surface area contributed by atoms with Crippen LogP contribution in [0.1, 0.15) is 35.8 Å². The normalized spacial score (nSPS) is 11.5. The first-order valence-electron chi connectivity index (χ1n) is 7.42. The molecule has 0 radical (unpaired) electrons. The maximum Gasteiger partial charge on any atom is 0.139 e. The van der Waals surface area contributed by atoms with Crippen LogP contribution in [-0.4, -0.2) is 15.0 Å². The monoisotopic (exact) mass is 332 g/mol. The molecule has 3 heterocycles. The van der Waals surface area contributed by atoms with Crippen LogP contribution in [0.15, 0.2) is 10.9 Å². The third-order valence-electron chi connectivity index (χ3n) is 3.51. The third-order valence-corrected chi connectivity index (χ3v) is 5.37. The van der Waals surface area contributed by atoms with Crippen LogP contribution in [0.2, 0.25) is 0 Å². The molecule has 0 aliphatic heterocycles. The summed E-state index contributed by atoms with van der Waals surface area (Å²) in [5.74, 6) is 2.39. The van der Waals surface area contributed by atoms with Crippen LogP contribution in [0, 0.1) is 19.8 Å². The quantitative estimate of drug-likeness (QED) is 0.743. The Labute approximate surface area is 138 Å². The van der Waals surface area contributed by atoms with E-state index in [0.717, 1.165) is 35.1 Å². The van der Waals surface area contributed by atoms with Gasteiger partial charge in [0.1, 0.15) is 16.5 Å². The van der Waals surface area contributed by atoms with Gasteiger partial charge in [-0.05, 0) is 37.1 Å². The number of rotatable bonds is 5. The topological polar surface area (TPSA) is 50.7 Å². The van der Waals surface area contributed by atoms with E-state index < -0.39 is 0 Å². The predicted molar refractivity (Wildman–Crippen MR) is 94.9 cm³/mol. The first-order chi connectivity index (χ1) is 10.5. The molecule has 0 aromatic carbocycles. The van der Waals surface area contributed by atoms with Crippen molar-refractivity contribution in [2.24, 2.45) is 5.92 Å². The van der Waals surface area contributed by atoms with Crippen LogP contribution < -0.4 is 5.32 Å². The summed E-state index contributed by atoms with van der Waals surface area (Å²) in [6, 6.07) is 0. The molecule has 0 atom stereocenters. The lowest BCUT2D eigenvalue weighted by atomic mass is 10.0. The number of fused-ring (bicyclic) bond motifs is 1. The van der Waals surface area contributed by atoms with Crippen molar-refractivity contribution in [3.05, 3.63) is 32.8 Å². The molecule has 4 nitrogen and oxygen atoms in total. The van der Waals surface area contributed by atoms with Gasteiger partial charge in [-0.15, -0.1) is 22.7 Å². The SMILES string of the molecule is Cc1nc(NCc2scnc2C)c2c(CC(C)C)csc2n1. The summed E-state index contributed by atoms with van der Waals surface area (Å²) in [7, 11) is 0. The number of thiazole rings is 1. The Bertz CT molecular complexity index is 789. The smallest absolute Gasteiger partial charge is 0.139 e. The molecule has 6 heteroatoms. The van der Waals surface area contributed by atoms with E-state index in [-0.39, 0.29) is 0 Å². The average molecular weight is 332 g/mol. The second-order valence-electron chi connectivity index (χ2n) is 5.87. The van der Waals surface area contributed by atoms with Crippen LogP contribution in [0.3, 0.4) is 0 Å². The number of nitrogens with zero attached hydrogens (tertiary/aromatic N) is 3. The number of thiophene rings is 1. The molecule has 0 spiro atoms. The van der Waals surface area contributed by atoms with Gasteiger partial charge in [-0.2, -0.15) is 0 Å². The molecule has 0 unspecified atom stereocenters. The van der Waals surface area contributed by atoms with Crippen LogP contribution >= 0.6 is 22.7 Å². The lowest BCUT2D eigenvalue weighted by Gasteiger charge is -2.10. The van der Waals surface area contributed by atoms with Gasteiger partial charge in [-0.1, -0.05) is 13.8 Å². The zero-order chi connectivity index (χ0) is 15.7. The van der Waals surface area contributed by atoms with Crippen molar-refractivity contribution in [3.63, 3.8) is 0 Å². The van der Waals surface area contributed by atoms with E-state index in [2.05, 4.69) is 39.5 Å². The van der Waals surface area contributed by atoms with E-state index in [1.165, 1.54) is 15.8 Å². The Morgan fingerprint density at radius 1 is 1.18 bits per heavy atom. The molecule has 3 aromatic rings. The van der Waals surface area contributed by atoms with Gasteiger partial charge in [0.25, 0.3) is 0 Å². The van der Waals surface area contributed by atoms with Crippen molar-refractivity contribution >= 4 is 38.7 Å². The van der Waals surface area contributed by atoms with Crippen molar-refractivity contribution in [2.45, 2.75) is 40.7 Å². The minimum Gasteiger partial charge on any atom is -0.364 e. The van der Waals surface area contributed by atoms with Gasteiger partial charge < -0.3 is 5.32 Å². The lowest BCUT2D eigenvalue weighted by molar-refractivity contribution is 0.651. The van der Waals surface area contributed by atoms with Crippen LogP contribution in [-0.2, 0) is 13.0 Å². The van der Waals surface area contributed by atoms with Crippen molar-refractivity contribution in [1.29, 1.82) is 0 Å². The Morgan fingerprint density at radius 3 is 2.68 bits per heavy atom. The molecule has 1 N–H and O–H groups in total. The zero-order valence-electron chi connectivity index (χ0n) is 13.3. The number of hydrogen-bond donors (Lipinski definition) is 1. The van der Waals surface area contributed by atoms with Gasteiger partial charge in [0.05, 0.1) is 23.1 Å². The summed E-state index contributed by atoms with van der Waals surface area (Å²) in [4.78, 5) is 15.9. The fourth-order valence-electron chi connectivity index (χ4n) is 2.49. The minimum absolute atomic E-state index is 0.621. The van der Waals surface area contributed by atoms with E-state index in [4.69, 9.17) is 0 Å².